The first kappa shape index (κ1) is 12.2. The first-order chi connectivity index (χ1) is 9.27. The first-order valence-corrected chi connectivity index (χ1v) is 6.92. The molecule has 1 aromatic rings. The SMILES string of the molecule is O=C(NNC(=O)C1[C@H]2CCCC[C@H]12)c1ccccc1. The monoisotopic (exact) mass is 258 g/mol. The maximum Gasteiger partial charge on any atom is 0.269 e. The molecule has 2 N–H and O–H groups in total. The lowest BCUT2D eigenvalue weighted by Gasteiger charge is -2.06. The quantitative estimate of drug-likeness (QED) is 0.796. The van der Waals surface area contributed by atoms with Crippen molar-refractivity contribution in [3.63, 3.8) is 0 Å². The Balaban J connectivity index is 1.50. The minimum Gasteiger partial charge on any atom is -0.273 e. The van der Waals surface area contributed by atoms with Crippen molar-refractivity contribution < 1.29 is 9.59 Å². The number of hydrogen-bond acceptors (Lipinski definition) is 2. The molecule has 0 aromatic heterocycles. The van der Waals surface area contributed by atoms with Crippen LogP contribution in [0.5, 0.6) is 0 Å². The standard InChI is InChI=1S/C15H18N2O2/c18-14(10-6-2-1-3-7-10)16-17-15(19)13-11-8-4-5-9-12(11)13/h1-3,6-7,11-13H,4-5,8-9H2,(H,16,18)(H,17,19)/t11-,12-/m0/s1. The number of benzene rings is 1. The molecule has 100 valence electrons. The molecule has 4 nitrogen and oxygen atoms in total. The summed E-state index contributed by atoms with van der Waals surface area (Å²) in [5, 5.41) is 0. The third-order valence-corrected chi connectivity index (χ3v) is 4.29. The molecule has 0 unspecified atom stereocenters. The molecule has 2 fully saturated rings. The van der Waals surface area contributed by atoms with Gasteiger partial charge >= 0.3 is 0 Å². The third kappa shape index (κ3) is 2.48. The van der Waals surface area contributed by atoms with Crippen LogP contribution in [0, 0.1) is 17.8 Å². The van der Waals surface area contributed by atoms with Crippen LogP contribution < -0.4 is 10.9 Å². The Morgan fingerprint density at radius 1 is 0.947 bits per heavy atom. The Hall–Kier alpha value is -1.84. The fourth-order valence-electron chi connectivity index (χ4n) is 3.24. The summed E-state index contributed by atoms with van der Waals surface area (Å²) in [6.45, 7) is 0. The van der Waals surface area contributed by atoms with Crippen LogP contribution in [0.3, 0.4) is 0 Å². The lowest BCUT2D eigenvalue weighted by molar-refractivity contribution is -0.123. The molecule has 0 heterocycles. The fourth-order valence-corrected chi connectivity index (χ4v) is 3.24. The molecule has 0 radical (unpaired) electrons. The molecule has 2 aliphatic rings. The molecule has 2 atom stereocenters. The number of carbonyl (C=O) groups excluding carboxylic acids is 2. The van der Waals surface area contributed by atoms with Gasteiger partial charge in [0.05, 0.1) is 0 Å². The van der Waals surface area contributed by atoms with E-state index in [4.69, 9.17) is 0 Å². The Kier molecular flexibility index (Phi) is 3.23. The van der Waals surface area contributed by atoms with Crippen LogP contribution in [-0.2, 0) is 4.79 Å². The Labute approximate surface area is 112 Å². The zero-order valence-corrected chi connectivity index (χ0v) is 10.8. The zero-order valence-electron chi connectivity index (χ0n) is 10.8. The normalized spacial score (nSPS) is 28.1. The van der Waals surface area contributed by atoms with Crippen LogP contribution in [0.1, 0.15) is 36.0 Å². The van der Waals surface area contributed by atoms with E-state index in [9.17, 15) is 9.59 Å². The molecule has 1 aromatic carbocycles. The van der Waals surface area contributed by atoms with Gasteiger partial charge in [0.25, 0.3) is 5.91 Å². The largest absolute Gasteiger partial charge is 0.273 e. The van der Waals surface area contributed by atoms with E-state index >= 15 is 0 Å². The van der Waals surface area contributed by atoms with Crippen LogP contribution in [0.15, 0.2) is 30.3 Å². The van der Waals surface area contributed by atoms with E-state index < -0.39 is 0 Å². The second kappa shape index (κ2) is 5.03. The van der Waals surface area contributed by atoms with E-state index in [0.29, 0.717) is 17.4 Å². The van der Waals surface area contributed by atoms with Crippen molar-refractivity contribution in [2.45, 2.75) is 25.7 Å². The second-order valence-electron chi connectivity index (χ2n) is 5.45. The minimum atomic E-state index is -0.266. The maximum absolute atomic E-state index is 12.0. The average molecular weight is 258 g/mol. The molecule has 19 heavy (non-hydrogen) atoms. The number of amides is 2. The van der Waals surface area contributed by atoms with Gasteiger partial charge in [0.1, 0.15) is 0 Å². The predicted octanol–water partition coefficient (Wildman–Crippen LogP) is 1.88. The summed E-state index contributed by atoms with van der Waals surface area (Å²) in [5.74, 6) is 0.946. The number of hydrogen-bond donors (Lipinski definition) is 2. The molecule has 0 saturated heterocycles. The van der Waals surface area contributed by atoms with E-state index in [1.54, 1.807) is 24.3 Å². The van der Waals surface area contributed by atoms with E-state index in [2.05, 4.69) is 10.9 Å². The van der Waals surface area contributed by atoms with Gasteiger partial charge in [-0.05, 0) is 36.8 Å². The number of fused-ring (bicyclic) bond motifs is 1. The van der Waals surface area contributed by atoms with Gasteiger partial charge < -0.3 is 0 Å². The number of carbonyl (C=O) groups is 2. The highest BCUT2D eigenvalue weighted by Crippen LogP contribution is 2.55. The highest BCUT2D eigenvalue weighted by atomic mass is 16.2. The van der Waals surface area contributed by atoms with E-state index in [0.717, 1.165) is 12.8 Å². The van der Waals surface area contributed by atoms with Crippen molar-refractivity contribution in [3.05, 3.63) is 35.9 Å². The second-order valence-corrected chi connectivity index (χ2v) is 5.45. The van der Waals surface area contributed by atoms with Gasteiger partial charge in [0.15, 0.2) is 0 Å². The van der Waals surface area contributed by atoms with Crippen LogP contribution in [0.4, 0.5) is 0 Å². The summed E-state index contributed by atoms with van der Waals surface area (Å²) in [6.07, 6.45) is 4.80. The molecule has 2 aliphatic carbocycles. The van der Waals surface area contributed by atoms with Crippen molar-refractivity contribution in [2.24, 2.45) is 17.8 Å². The van der Waals surface area contributed by atoms with Crippen LogP contribution in [-0.4, -0.2) is 11.8 Å². The van der Waals surface area contributed by atoms with E-state index in [-0.39, 0.29) is 17.7 Å². The van der Waals surface area contributed by atoms with E-state index in [1.165, 1.54) is 12.8 Å². The van der Waals surface area contributed by atoms with Crippen LogP contribution >= 0.6 is 0 Å². The first-order valence-electron chi connectivity index (χ1n) is 6.92. The lowest BCUT2D eigenvalue weighted by Crippen LogP contribution is -2.42. The summed E-state index contributed by atoms with van der Waals surface area (Å²) in [6, 6.07) is 8.89. The Bertz CT molecular complexity index is 474. The van der Waals surface area contributed by atoms with Crippen LogP contribution in [0.2, 0.25) is 0 Å². The van der Waals surface area contributed by atoms with Crippen molar-refractivity contribution in [1.29, 1.82) is 0 Å². The van der Waals surface area contributed by atoms with Crippen molar-refractivity contribution in [1.82, 2.24) is 10.9 Å². The number of hydrazine groups is 1. The summed E-state index contributed by atoms with van der Waals surface area (Å²) in [5.41, 5.74) is 5.60. The lowest BCUT2D eigenvalue weighted by atomic mass is 10.0. The van der Waals surface area contributed by atoms with Crippen molar-refractivity contribution in [3.8, 4) is 0 Å². The summed E-state index contributed by atoms with van der Waals surface area (Å²) >= 11 is 0. The summed E-state index contributed by atoms with van der Waals surface area (Å²) in [4.78, 5) is 23.8. The minimum absolute atomic E-state index is 0.0267. The highest BCUT2D eigenvalue weighted by Gasteiger charge is 2.54. The van der Waals surface area contributed by atoms with Crippen molar-refractivity contribution >= 4 is 11.8 Å². The van der Waals surface area contributed by atoms with Gasteiger partial charge in [0, 0.05) is 11.5 Å². The highest BCUT2D eigenvalue weighted by molar-refractivity contribution is 5.95. The van der Waals surface area contributed by atoms with Gasteiger partial charge in [0.2, 0.25) is 5.91 Å². The number of rotatable bonds is 2. The molecule has 0 bridgehead atoms. The average Bonchev–Trinajstić information content (AvgIpc) is 3.19. The fraction of sp³-hybridized carbons (Fsp3) is 0.467. The summed E-state index contributed by atoms with van der Waals surface area (Å²) in [7, 11) is 0. The molecule has 2 amide bonds. The van der Waals surface area contributed by atoms with Crippen molar-refractivity contribution in [2.75, 3.05) is 0 Å². The van der Waals surface area contributed by atoms with Gasteiger partial charge in [-0.3, -0.25) is 20.4 Å². The summed E-state index contributed by atoms with van der Waals surface area (Å²) < 4.78 is 0. The van der Waals surface area contributed by atoms with E-state index in [1.807, 2.05) is 6.07 Å². The Morgan fingerprint density at radius 2 is 1.58 bits per heavy atom. The molecule has 0 spiro atoms. The third-order valence-electron chi connectivity index (χ3n) is 4.29. The molecule has 0 aliphatic heterocycles. The topological polar surface area (TPSA) is 58.2 Å². The maximum atomic E-state index is 12.0. The predicted molar refractivity (Wildman–Crippen MR) is 71.0 cm³/mol. The Morgan fingerprint density at radius 3 is 2.21 bits per heavy atom. The van der Waals surface area contributed by atoms with Gasteiger partial charge in [-0.25, -0.2) is 0 Å². The number of nitrogens with one attached hydrogen (secondary N) is 2. The molecular formula is C15H18N2O2. The molecule has 3 rings (SSSR count). The smallest absolute Gasteiger partial charge is 0.269 e. The van der Waals surface area contributed by atoms with Gasteiger partial charge in [-0.15, -0.1) is 0 Å². The zero-order chi connectivity index (χ0) is 13.2. The van der Waals surface area contributed by atoms with Gasteiger partial charge in [-0.1, -0.05) is 31.0 Å². The molecule has 4 heteroatoms. The molecule has 2 saturated carbocycles. The molecular weight excluding hydrogens is 240 g/mol. The van der Waals surface area contributed by atoms with Crippen LogP contribution in [0.25, 0.3) is 0 Å². The van der Waals surface area contributed by atoms with Gasteiger partial charge in [-0.2, -0.15) is 0 Å².